The number of para-hydroxylation sites is 1. The fraction of sp³-hybridized carbons (Fsp3) is 0.455. The highest BCUT2D eigenvalue weighted by molar-refractivity contribution is 5.92. The zero-order valence-electron chi connectivity index (χ0n) is 18.1. The van der Waals surface area contributed by atoms with Gasteiger partial charge in [0.05, 0.1) is 6.04 Å². The van der Waals surface area contributed by atoms with Crippen LogP contribution >= 0.6 is 0 Å². The van der Waals surface area contributed by atoms with Gasteiger partial charge in [-0.2, -0.15) is 0 Å². The van der Waals surface area contributed by atoms with Gasteiger partial charge < -0.3 is 31.6 Å². The molecule has 0 aliphatic rings. The van der Waals surface area contributed by atoms with E-state index in [2.05, 4.69) is 15.6 Å². The van der Waals surface area contributed by atoms with Gasteiger partial charge in [-0.05, 0) is 36.8 Å². The maximum atomic E-state index is 12.7. The number of amides is 2. The molecule has 0 saturated heterocycles. The Morgan fingerprint density at radius 3 is 2.31 bits per heavy atom. The monoisotopic (exact) mass is 446 g/mol. The van der Waals surface area contributed by atoms with E-state index in [1.54, 1.807) is 6.20 Å². The molecular weight excluding hydrogens is 416 g/mol. The molecule has 0 aliphatic heterocycles. The molecule has 1 aromatic carbocycles. The lowest BCUT2D eigenvalue weighted by molar-refractivity contribution is -0.143. The van der Waals surface area contributed by atoms with Gasteiger partial charge in [0.25, 0.3) is 0 Å². The van der Waals surface area contributed by atoms with E-state index in [1.807, 2.05) is 38.1 Å². The molecular formula is C22H30N4O6. The second-order valence-electron chi connectivity index (χ2n) is 8.19. The lowest BCUT2D eigenvalue weighted by Crippen LogP contribution is -2.55. The lowest BCUT2D eigenvalue weighted by atomic mass is 10.0. The number of carbonyl (C=O) groups excluding carboxylic acids is 2. The summed E-state index contributed by atoms with van der Waals surface area (Å²) in [5.74, 6) is -3.71. The van der Waals surface area contributed by atoms with E-state index in [4.69, 9.17) is 10.8 Å². The molecule has 3 unspecified atom stereocenters. The lowest BCUT2D eigenvalue weighted by Gasteiger charge is -2.24. The largest absolute Gasteiger partial charge is 0.481 e. The van der Waals surface area contributed by atoms with E-state index < -0.39 is 48.3 Å². The summed E-state index contributed by atoms with van der Waals surface area (Å²) in [4.78, 5) is 50.7. The molecule has 1 aromatic heterocycles. The molecule has 0 saturated carbocycles. The first-order valence-corrected chi connectivity index (χ1v) is 10.4. The maximum absolute atomic E-state index is 12.7. The Morgan fingerprint density at radius 2 is 1.69 bits per heavy atom. The Labute approximate surface area is 185 Å². The van der Waals surface area contributed by atoms with E-state index >= 15 is 0 Å². The van der Waals surface area contributed by atoms with Gasteiger partial charge in [-0.15, -0.1) is 0 Å². The topological polar surface area (TPSA) is 175 Å². The first-order valence-electron chi connectivity index (χ1n) is 10.4. The normalized spacial score (nSPS) is 14.0. The van der Waals surface area contributed by atoms with Crippen molar-refractivity contribution in [3.63, 3.8) is 0 Å². The highest BCUT2D eigenvalue weighted by Crippen LogP contribution is 2.19. The number of carbonyl (C=O) groups is 4. The molecule has 1 heterocycles. The molecule has 0 radical (unpaired) electrons. The van der Waals surface area contributed by atoms with Crippen molar-refractivity contribution in [1.29, 1.82) is 0 Å². The summed E-state index contributed by atoms with van der Waals surface area (Å²) in [6, 6.07) is 4.33. The predicted molar refractivity (Wildman–Crippen MR) is 118 cm³/mol. The van der Waals surface area contributed by atoms with Crippen LogP contribution in [0.5, 0.6) is 0 Å². The average Bonchev–Trinajstić information content (AvgIpc) is 3.12. The van der Waals surface area contributed by atoms with Gasteiger partial charge in [-0.25, -0.2) is 4.79 Å². The Balaban J connectivity index is 2.05. The van der Waals surface area contributed by atoms with Crippen molar-refractivity contribution in [3.05, 3.63) is 36.0 Å². The van der Waals surface area contributed by atoms with E-state index in [0.717, 1.165) is 16.5 Å². The minimum atomic E-state index is -1.37. The summed E-state index contributed by atoms with van der Waals surface area (Å²) in [6.45, 7) is 3.72. The van der Waals surface area contributed by atoms with Gasteiger partial charge in [-0.1, -0.05) is 32.0 Å². The minimum absolute atomic E-state index is 0.0261. The van der Waals surface area contributed by atoms with Gasteiger partial charge in [-0.3, -0.25) is 14.4 Å². The molecule has 10 heteroatoms. The van der Waals surface area contributed by atoms with Gasteiger partial charge >= 0.3 is 11.9 Å². The summed E-state index contributed by atoms with van der Waals surface area (Å²) in [6.07, 6.45) is 1.63. The highest BCUT2D eigenvalue weighted by Gasteiger charge is 2.29. The molecule has 32 heavy (non-hydrogen) atoms. The number of hydrogen-bond acceptors (Lipinski definition) is 5. The van der Waals surface area contributed by atoms with Crippen LogP contribution < -0.4 is 16.4 Å². The van der Waals surface area contributed by atoms with Crippen LogP contribution in [0.2, 0.25) is 0 Å². The third kappa shape index (κ3) is 7.09. The molecule has 10 nitrogen and oxygen atoms in total. The Morgan fingerprint density at radius 1 is 1.03 bits per heavy atom. The molecule has 2 amide bonds. The number of rotatable bonds is 12. The second-order valence-corrected chi connectivity index (χ2v) is 8.19. The Bertz CT molecular complexity index is 970. The third-order valence-electron chi connectivity index (χ3n) is 5.05. The molecule has 0 aliphatic carbocycles. The minimum Gasteiger partial charge on any atom is -0.481 e. The van der Waals surface area contributed by atoms with E-state index in [0.29, 0.717) is 0 Å². The number of H-pyrrole nitrogens is 1. The first kappa shape index (κ1) is 24.9. The van der Waals surface area contributed by atoms with Gasteiger partial charge in [0.2, 0.25) is 11.8 Å². The molecule has 7 N–H and O–H groups in total. The van der Waals surface area contributed by atoms with Crippen LogP contribution in [0, 0.1) is 5.92 Å². The van der Waals surface area contributed by atoms with Crippen LogP contribution in [0.25, 0.3) is 10.9 Å². The molecule has 0 bridgehead atoms. The highest BCUT2D eigenvalue weighted by atomic mass is 16.4. The van der Waals surface area contributed by atoms with Crippen molar-refractivity contribution < 1.29 is 29.4 Å². The van der Waals surface area contributed by atoms with E-state index in [9.17, 15) is 24.3 Å². The smallest absolute Gasteiger partial charge is 0.326 e. The number of carboxylic acid groups (broad SMARTS) is 2. The van der Waals surface area contributed by atoms with Crippen molar-refractivity contribution in [1.82, 2.24) is 15.6 Å². The first-order chi connectivity index (χ1) is 15.1. The SMILES string of the molecule is CC(C)CC(NC(=O)C(N)Cc1c[nH]c2ccccc12)C(=O)NC(CCC(=O)O)C(=O)O. The Hall–Kier alpha value is -3.40. The molecule has 0 spiro atoms. The van der Waals surface area contributed by atoms with Gasteiger partial charge in [0.15, 0.2) is 0 Å². The number of nitrogens with two attached hydrogens (primary N) is 1. The molecule has 0 fully saturated rings. The summed E-state index contributed by atoms with van der Waals surface area (Å²) in [5.41, 5.74) is 7.88. The zero-order valence-corrected chi connectivity index (χ0v) is 18.1. The van der Waals surface area contributed by atoms with Gasteiger partial charge in [0, 0.05) is 23.5 Å². The number of aliphatic carboxylic acids is 2. The van der Waals surface area contributed by atoms with Crippen LogP contribution in [-0.4, -0.2) is 57.1 Å². The Kier molecular flexibility index (Phi) is 8.77. The summed E-state index contributed by atoms with van der Waals surface area (Å²) < 4.78 is 0. The molecule has 3 atom stereocenters. The summed E-state index contributed by atoms with van der Waals surface area (Å²) in [7, 11) is 0. The van der Waals surface area contributed by atoms with Gasteiger partial charge in [0.1, 0.15) is 12.1 Å². The van der Waals surface area contributed by atoms with Crippen molar-refractivity contribution in [3.8, 4) is 0 Å². The third-order valence-corrected chi connectivity index (χ3v) is 5.05. The van der Waals surface area contributed by atoms with Crippen molar-refractivity contribution in [2.45, 2.75) is 57.7 Å². The van der Waals surface area contributed by atoms with Crippen LogP contribution in [0.3, 0.4) is 0 Å². The molecule has 2 rings (SSSR count). The van der Waals surface area contributed by atoms with Crippen molar-refractivity contribution in [2.24, 2.45) is 11.7 Å². The van der Waals surface area contributed by atoms with Crippen LogP contribution in [-0.2, 0) is 25.6 Å². The van der Waals surface area contributed by atoms with Crippen molar-refractivity contribution >= 4 is 34.7 Å². The fourth-order valence-corrected chi connectivity index (χ4v) is 3.41. The number of nitrogens with one attached hydrogen (secondary N) is 3. The van der Waals surface area contributed by atoms with E-state index in [1.165, 1.54) is 0 Å². The summed E-state index contributed by atoms with van der Waals surface area (Å²) in [5, 5.41) is 24.0. The number of hydrogen-bond donors (Lipinski definition) is 6. The number of fused-ring (bicyclic) bond motifs is 1. The average molecular weight is 447 g/mol. The van der Waals surface area contributed by atoms with Crippen molar-refractivity contribution in [2.75, 3.05) is 0 Å². The van der Waals surface area contributed by atoms with Crippen LogP contribution in [0.15, 0.2) is 30.5 Å². The van der Waals surface area contributed by atoms with Crippen LogP contribution in [0.4, 0.5) is 0 Å². The second kappa shape index (κ2) is 11.3. The quantitative estimate of drug-likeness (QED) is 0.282. The molecule has 174 valence electrons. The zero-order chi connectivity index (χ0) is 23.8. The predicted octanol–water partition coefficient (Wildman–Crippen LogP) is 1.00. The van der Waals surface area contributed by atoms with E-state index in [-0.39, 0.29) is 25.2 Å². The number of carboxylic acids is 2. The molecule has 2 aromatic rings. The van der Waals surface area contributed by atoms with Crippen LogP contribution in [0.1, 0.15) is 38.7 Å². The standard InChI is InChI=1S/C22H30N4O6/c1-12(2)9-18(21(30)25-17(22(31)32)7-8-19(27)28)26-20(29)15(23)10-13-11-24-16-6-4-3-5-14(13)16/h3-6,11-12,15,17-18,24H,7-10,23H2,1-2H3,(H,25,30)(H,26,29)(H,27,28)(H,31,32). The number of aromatic nitrogens is 1. The number of benzene rings is 1. The fourth-order valence-electron chi connectivity index (χ4n) is 3.41. The number of aromatic amines is 1. The summed E-state index contributed by atoms with van der Waals surface area (Å²) >= 11 is 0. The maximum Gasteiger partial charge on any atom is 0.326 e.